The van der Waals surface area contributed by atoms with Crippen molar-refractivity contribution in [3.05, 3.63) is 101 Å². The third-order valence-electron chi connectivity index (χ3n) is 5.63. The molecular formula is C24H15BrCl2SZr. The van der Waals surface area contributed by atoms with Gasteiger partial charge >= 0.3 is 185 Å². The number of hydrogen-bond donors (Lipinski definition) is 0. The summed E-state index contributed by atoms with van der Waals surface area (Å²) in [6.45, 7) is 0. The molecule has 29 heavy (non-hydrogen) atoms. The van der Waals surface area contributed by atoms with Gasteiger partial charge in [-0.05, 0) is 0 Å². The summed E-state index contributed by atoms with van der Waals surface area (Å²) < 4.78 is 2.52. The standard InChI is InChI=1S/C15H9S.C9H6Br.2ClH.Zr/c1-3-10-8-13(5-1)16-15-6-2-4-11-7-12(10)9-14(11)15;10-9-6-5-7-3-1-2-4-8(7)9;;;/h1-9H;1-6H;2*1H;/q;;;;+2/p-2. The molecule has 2 unspecified atom stereocenters. The minimum absolute atomic E-state index is 0. The van der Waals surface area contributed by atoms with E-state index < -0.39 is 23.2 Å². The molecule has 1 aliphatic heterocycles. The van der Waals surface area contributed by atoms with Crippen molar-refractivity contribution in [3.63, 3.8) is 0 Å². The number of allylic oxidation sites excluding steroid dienone is 2. The molecular weight excluding hydrogens is 562 g/mol. The molecule has 3 aromatic carbocycles. The van der Waals surface area contributed by atoms with Crippen molar-refractivity contribution in [1.29, 1.82) is 0 Å². The van der Waals surface area contributed by atoms with Crippen LogP contribution in [0.2, 0.25) is 0 Å². The van der Waals surface area contributed by atoms with Gasteiger partial charge in [0.2, 0.25) is 0 Å². The molecule has 3 aliphatic rings. The molecule has 0 aromatic heterocycles. The Morgan fingerprint density at radius 3 is 2.55 bits per heavy atom. The molecule has 0 spiro atoms. The fourth-order valence-electron chi connectivity index (χ4n) is 4.39. The molecule has 3 aromatic rings. The average Bonchev–Trinajstić information content (AvgIpc) is 3.21. The number of hydrogen-bond acceptors (Lipinski definition) is 1. The Bertz CT molecular complexity index is 1170. The van der Waals surface area contributed by atoms with Crippen molar-refractivity contribution in [2.75, 3.05) is 0 Å². The SMILES string of the molecule is BrC1=C[CH]([Zr+2][CH]2C3=Cc4c(cccc42)Sc2cccc3c2)c2ccccc21.[Cl-].[Cl-]. The molecule has 0 N–H and O–H groups in total. The summed E-state index contributed by atoms with van der Waals surface area (Å²) in [5.74, 6) is 0. The maximum absolute atomic E-state index is 3.81. The second kappa shape index (κ2) is 8.52. The van der Waals surface area contributed by atoms with Gasteiger partial charge in [0, 0.05) is 0 Å². The predicted octanol–water partition coefficient (Wildman–Crippen LogP) is 1.33. The minimum atomic E-state index is -0.804. The number of fused-ring (bicyclic) bond motifs is 4. The van der Waals surface area contributed by atoms with Crippen LogP contribution in [0.15, 0.2) is 82.6 Å². The second-order valence-corrected chi connectivity index (χ2v) is 12.9. The first kappa shape index (κ1) is 21.7. The summed E-state index contributed by atoms with van der Waals surface area (Å²) in [7, 11) is 0. The van der Waals surface area contributed by atoms with Crippen LogP contribution in [0.4, 0.5) is 0 Å². The first-order chi connectivity index (χ1) is 13.3. The first-order valence-corrected chi connectivity index (χ1v) is 13.6. The van der Waals surface area contributed by atoms with Crippen molar-refractivity contribution in [2.45, 2.75) is 17.0 Å². The van der Waals surface area contributed by atoms with E-state index in [2.05, 4.69) is 94.8 Å². The van der Waals surface area contributed by atoms with E-state index in [1.807, 2.05) is 11.8 Å². The zero-order valence-electron chi connectivity index (χ0n) is 15.2. The maximum Gasteiger partial charge on any atom is -1.00 e. The monoisotopic (exact) mass is 574 g/mol. The van der Waals surface area contributed by atoms with E-state index in [1.165, 1.54) is 36.5 Å². The van der Waals surface area contributed by atoms with E-state index in [0.29, 0.717) is 7.25 Å². The van der Waals surface area contributed by atoms with Crippen molar-refractivity contribution < 1.29 is 48.0 Å². The number of rotatable bonds is 2. The largest absolute Gasteiger partial charge is 1.00 e. The Morgan fingerprint density at radius 1 is 0.862 bits per heavy atom. The van der Waals surface area contributed by atoms with Crippen LogP contribution in [0.3, 0.4) is 0 Å². The predicted molar refractivity (Wildman–Crippen MR) is 114 cm³/mol. The fraction of sp³-hybridized carbons (Fsp3) is 0.0833. The van der Waals surface area contributed by atoms with Crippen LogP contribution in [0, 0.1) is 0 Å². The van der Waals surface area contributed by atoms with Gasteiger partial charge in [0.25, 0.3) is 0 Å². The van der Waals surface area contributed by atoms with E-state index in [9.17, 15) is 0 Å². The third-order valence-corrected chi connectivity index (χ3v) is 11.8. The van der Waals surface area contributed by atoms with Crippen molar-refractivity contribution >= 4 is 43.8 Å². The van der Waals surface area contributed by atoms with E-state index >= 15 is 0 Å². The smallest absolute Gasteiger partial charge is 1.00 e. The molecule has 0 radical (unpaired) electrons. The van der Waals surface area contributed by atoms with Gasteiger partial charge in [0.15, 0.2) is 0 Å². The fourth-order valence-corrected chi connectivity index (χ4v) is 11.3. The summed E-state index contributed by atoms with van der Waals surface area (Å²) in [6, 6.07) is 25.0. The van der Waals surface area contributed by atoms with Gasteiger partial charge in [-0.15, -0.1) is 0 Å². The van der Waals surface area contributed by atoms with Crippen molar-refractivity contribution in [1.82, 2.24) is 0 Å². The Kier molecular flexibility index (Phi) is 6.36. The summed E-state index contributed by atoms with van der Waals surface area (Å²) in [4.78, 5) is 2.77. The Morgan fingerprint density at radius 2 is 1.66 bits per heavy atom. The molecule has 2 aliphatic carbocycles. The molecule has 0 saturated heterocycles. The Labute approximate surface area is 207 Å². The van der Waals surface area contributed by atoms with Crippen LogP contribution in [-0.2, 0) is 23.2 Å². The summed E-state index contributed by atoms with van der Waals surface area (Å²) in [5.41, 5.74) is 8.94. The summed E-state index contributed by atoms with van der Waals surface area (Å²) in [6.07, 6.45) is 4.96. The summed E-state index contributed by atoms with van der Waals surface area (Å²) in [5, 5.41) is 0. The molecule has 142 valence electrons. The number of halogens is 3. The van der Waals surface area contributed by atoms with Gasteiger partial charge in [-0.2, -0.15) is 0 Å². The van der Waals surface area contributed by atoms with E-state index in [4.69, 9.17) is 0 Å². The van der Waals surface area contributed by atoms with Crippen LogP contribution in [0.1, 0.15) is 35.1 Å². The Balaban J connectivity index is 0.00000102. The molecule has 0 fully saturated rings. The quantitative estimate of drug-likeness (QED) is 0.443. The number of benzene rings is 3. The zero-order valence-corrected chi connectivity index (χ0v) is 21.6. The van der Waals surface area contributed by atoms with Crippen LogP contribution >= 0.6 is 27.7 Å². The van der Waals surface area contributed by atoms with Crippen LogP contribution in [0.5, 0.6) is 0 Å². The van der Waals surface area contributed by atoms with Gasteiger partial charge in [-0.1, -0.05) is 0 Å². The topological polar surface area (TPSA) is 0 Å². The van der Waals surface area contributed by atoms with Gasteiger partial charge in [-0.25, -0.2) is 0 Å². The van der Waals surface area contributed by atoms with Crippen molar-refractivity contribution in [3.8, 4) is 0 Å². The molecule has 0 nitrogen and oxygen atoms in total. The van der Waals surface area contributed by atoms with E-state index in [-0.39, 0.29) is 24.8 Å². The van der Waals surface area contributed by atoms with Gasteiger partial charge in [0.05, 0.1) is 0 Å². The molecule has 5 heteroatoms. The molecule has 1 heterocycles. The molecule has 4 bridgehead atoms. The zero-order chi connectivity index (χ0) is 18.0. The molecule has 6 rings (SSSR count). The van der Waals surface area contributed by atoms with Crippen LogP contribution in [0.25, 0.3) is 16.1 Å². The Hall–Kier alpha value is -0.567. The van der Waals surface area contributed by atoms with Crippen LogP contribution < -0.4 is 24.8 Å². The van der Waals surface area contributed by atoms with E-state index in [0.717, 1.165) is 0 Å². The summed E-state index contributed by atoms with van der Waals surface area (Å²) >= 11 is 4.91. The molecule has 0 saturated carbocycles. The van der Waals surface area contributed by atoms with Gasteiger partial charge < -0.3 is 24.8 Å². The normalized spacial score (nSPS) is 19.5. The average molecular weight is 577 g/mol. The molecule has 2 atom stereocenters. The first-order valence-electron chi connectivity index (χ1n) is 9.13. The van der Waals surface area contributed by atoms with Crippen LogP contribution in [-0.4, -0.2) is 0 Å². The minimum Gasteiger partial charge on any atom is -1.00 e. The third kappa shape index (κ3) is 3.58. The molecule has 0 amide bonds. The van der Waals surface area contributed by atoms with Crippen molar-refractivity contribution in [2.24, 2.45) is 0 Å². The maximum atomic E-state index is 3.81. The van der Waals surface area contributed by atoms with Gasteiger partial charge in [0.1, 0.15) is 0 Å². The second-order valence-electron chi connectivity index (χ2n) is 7.17. The van der Waals surface area contributed by atoms with E-state index in [1.54, 1.807) is 11.1 Å². The van der Waals surface area contributed by atoms with Gasteiger partial charge in [-0.3, -0.25) is 0 Å².